The summed E-state index contributed by atoms with van der Waals surface area (Å²) in [5, 5.41) is 13.4. The van der Waals surface area contributed by atoms with Gasteiger partial charge in [-0.05, 0) is 66.4 Å². The zero-order valence-electron chi connectivity index (χ0n) is 20.1. The van der Waals surface area contributed by atoms with Crippen LogP contribution in [0.4, 0.5) is 4.39 Å². The first-order chi connectivity index (χ1) is 17.0. The van der Waals surface area contributed by atoms with Gasteiger partial charge in [-0.15, -0.1) is 0 Å². The molecule has 180 valence electrons. The fourth-order valence-corrected chi connectivity index (χ4v) is 6.44. The molecule has 4 aromatic rings. The third kappa shape index (κ3) is 3.74. The van der Waals surface area contributed by atoms with E-state index in [2.05, 4.69) is 46.3 Å². The first-order valence-corrected chi connectivity index (χ1v) is 12.4. The number of fused-ring (bicyclic) bond motifs is 4. The van der Waals surface area contributed by atoms with Crippen molar-refractivity contribution in [2.24, 2.45) is 0 Å². The molecule has 1 saturated heterocycles. The van der Waals surface area contributed by atoms with Crippen LogP contribution in [0.1, 0.15) is 28.8 Å². The highest BCUT2D eigenvalue weighted by atomic mass is 19.1. The summed E-state index contributed by atoms with van der Waals surface area (Å²) in [6.45, 7) is 2.39. The minimum atomic E-state index is -0.983. The Morgan fingerprint density at radius 2 is 1.89 bits per heavy atom. The van der Waals surface area contributed by atoms with Gasteiger partial charge in [-0.2, -0.15) is 0 Å². The van der Waals surface area contributed by atoms with Gasteiger partial charge in [0.05, 0.1) is 12.7 Å². The zero-order chi connectivity index (χ0) is 24.0. The Morgan fingerprint density at radius 3 is 2.71 bits per heavy atom. The number of hydrogen-bond acceptors (Lipinski definition) is 3. The molecule has 1 aliphatic heterocycles. The van der Waals surface area contributed by atoms with E-state index in [1.807, 2.05) is 18.2 Å². The topological polar surface area (TPSA) is 48.5 Å². The lowest BCUT2D eigenvalue weighted by molar-refractivity contribution is -0.102. The second-order valence-electron chi connectivity index (χ2n) is 10.2. The molecule has 2 aliphatic rings. The van der Waals surface area contributed by atoms with Gasteiger partial charge in [0.15, 0.2) is 0 Å². The van der Waals surface area contributed by atoms with Crippen LogP contribution in [-0.4, -0.2) is 47.3 Å². The number of hydrogen-bond donors (Lipinski definition) is 2. The summed E-state index contributed by atoms with van der Waals surface area (Å²) in [6.07, 6.45) is 2.97. The maximum Gasteiger partial charge on any atom is 0.123 e. The summed E-state index contributed by atoms with van der Waals surface area (Å²) in [6, 6.07) is 23.6. The molecule has 0 unspecified atom stereocenters. The quantitative estimate of drug-likeness (QED) is 0.430. The van der Waals surface area contributed by atoms with E-state index in [4.69, 9.17) is 4.74 Å². The molecule has 0 saturated carbocycles. The predicted molar refractivity (Wildman–Crippen MR) is 136 cm³/mol. The minimum Gasteiger partial charge on any atom is -0.497 e. The minimum absolute atomic E-state index is 0.246. The van der Waals surface area contributed by atoms with Gasteiger partial charge < -0.3 is 19.7 Å². The second-order valence-corrected chi connectivity index (χ2v) is 10.2. The van der Waals surface area contributed by atoms with Crippen molar-refractivity contribution in [1.29, 1.82) is 0 Å². The van der Waals surface area contributed by atoms with Crippen LogP contribution in [0.25, 0.3) is 10.9 Å². The maximum atomic E-state index is 14.2. The molecule has 1 aromatic heterocycles. The molecule has 1 fully saturated rings. The number of nitrogens with one attached hydrogen (secondary N) is 1. The largest absolute Gasteiger partial charge is 0.497 e. The first-order valence-electron chi connectivity index (χ1n) is 12.4. The number of benzene rings is 3. The molecule has 0 amide bonds. The van der Waals surface area contributed by atoms with Crippen molar-refractivity contribution in [2.45, 2.75) is 36.7 Å². The lowest BCUT2D eigenvalue weighted by atomic mass is 9.56. The lowest BCUT2D eigenvalue weighted by Crippen LogP contribution is -2.66. The van der Waals surface area contributed by atoms with Crippen molar-refractivity contribution in [3.8, 4) is 5.75 Å². The molecule has 35 heavy (non-hydrogen) atoms. The molecule has 2 heterocycles. The van der Waals surface area contributed by atoms with Crippen LogP contribution in [0.2, 0.25) is 0 Å². The van der Waals surface area contributed by atoms with Crippen molar-refractivity contribution in [3.63, 3.8) is 0 Å². The van der Waals surface area contributed by atoms with Crippen molar-refractivity contribution in [1.82, 2.24) is 9.88 Å². The molecule has 0 bridgehead atoms. The summed E-state index contributed by atoms with van der Waals surface area (Å²) >= 11 is 0. The predicted octanol–water partition coefficient (Wildman–Crippen LogP) is 5.03. The summed E-state index contributed by atoms with van der Waals surface area (Å²) in [5.74, 6) is 0.555. The third-order valence-electron chi connectivity index (χ3n) is 8.32. The first kappa shape index (κ1) is 22.3. The van der Waals surface area contributed by atoms with Gasteiger partial charge in [0.1, 0.15) is 11.6 Å². The Labute approximate surface area is 205 Å². The molecule has 6 rings (SSSR count). The normalized spacial score (nSPS) is 24.2. The van der Waals surface area contributed by atoms with Crippen LogP contribution >= 0.6 is 0 Å². The number of aromatic nitrogens is 1. The Balaban J connectivity index is 1.40. The van der Waals surface area contributed by atoms with Gasteiger partial charge >= 0.3 is 0 Å². The van der Waals surface area contributed by atoms with E-state index in [-0.39, 0.29) is 5.82 Å². The van der Waals surface area contributed by atoms with Gasteiger partial charge in [-0.1, -0.05) is 42.5 Å². The molecule has 4 nitrogen and oxygen atoms in total. The molecule has 1 aliphatic carbocycles. The van der Waals surface area contributed by atoms with Crippen LogP contribution < -0.4 is 4.74 Å². The van der Waals surface area contributed by atoms with E-state index >= 15 is 0 Å². The average molecular weight is 471 g/mol. The fourth-order valence-electron chi connectivity index (χ4n) is 6.44. The fraction of sp³-hybridized carbons (Fsp3) is 0.333. The number of likely N-dealkylation sites (tertiary alicyclic amines) is 1. The number of methoxy groups -OCH3 is 1. The van der Waals surface area contributed by atoms with Crippen LogP contribution in [0.5, 0.6) is 5.75 Å². The number of β-amino-alcohol motifs (C(OH)–C–C–N with tert-alkyl or cyclic N) is 1. The van der Waals surface area contributed by atoms with Crippen LogP contribution in [-0.2, 0) is 24.7 Å². The molecule has 5 heteroatoms. The standard InChI is InChI=1S/C30H31FN2O2/c1-35-24-9-5-8-22(16-24)29-13-15-33(14-12-21-6-3-2-4-7-21)20-30(29,34)18-26-25-17-23(31)10-11-27(25)32-28(26)19-29/h2-11,16-17,32,34H,12-15,18-20H2,1H3/t29-,30-/m0/s1. The van der Waals surface area contributed by atoms with E-state index in [1.54, 1.807) is 19.2 Å². The van der Waals surface area contributed by atoms with Crippen LogP contribution in [0.3, 0.4) is 0 Å². The third-order valence-corrected chi connectivity index (χ3v) is 8.32. The van der Waals surface area contributed by atoms with E-state index < -0.39 is 11.0 Å². The van der Waals surface area contributed by atoms with Gasteiger partial charge in [-0.3, -0.25) is 0 Å². The highest BCUT2D eigenvalue weighted by molar-refractivity contribution is 5.85. The van der Waals surface area contributed by atoms with Crippen LogP contribution in [0, 0.1) is 5.82 Å². The lowest BCUT2D eigenvalue weighted by Gasteiger charge is -2.56. The number of piperidine rings is 1. The average Bonchev–Trinajstić information content (AvgIpc) is 3.21. The van der Waals surface area contributed by atoms with E-state index in [9.17, 15) is 9.50 Å². The van der Waals surface area contributed by atoms with Crippen molar-refractivity contribution >= 4 is 10.9 Å². The molecule has 2 atom stereocenters. The molecular formula is C30H31FN2O2. The Kier molecular flexibility index (Phi) is 5.42. The number of ether oxygens (including phenoxy) is 1. The number of H-pyrrole nitrogens is 1. The summed E-state index contributed by atoms with van der Waals surface area (Å²) < 4.78 is 19.7. The van der Waals surface area contributed by atoms with E-state index in [0.717, 1.165) is 59.4 Å². The highest BCUT2D eigenvalue weighted by Crippen LogP contribution is 2.51. The van der Waals surface area contributed by atoms with Gasteiger partial charge in [0, 0.05) is 47.9 Å². The SMILES string of the molecule is COc1cccc([C@@]23CCN(CCc4ccccc4)C[C@@]2(O)Cc2c([nH]c4ccc(F)cc24)C3)c1. The van der Waals surface area contributed by atoms with E-state index in [0.29, 0.717) is 19.4 Å². The van der Waals surface area contributed by atoms with E-state index in [1.165, 1.54) is 11.6 Å². The Bertz CT molecular complexity index is 1370. The van der Waals surface area contributed by atoms with Gasteiger partial charge in [0.25, 0.3) is 0 Å². The maximum absolute atomic E-state index is 14.2. The molecule has 2 N–H and O–H groups in total. The molecule has 3 aromatic carbocycles. The Hall–Kier alpha value is -3.15. The monoisotopic (exact) mass is 470 g/mol. The second kappa shape index (κ2) is 8.51. The van der Waals surface area contributed by atoms with Crippen molar-refractivity contribution in [2.75, 3.05) is 26.7 Å². The number of aromatic amines is 1. The highest BCUT2D eigenvalue weighted by Gasteiger charge is 2.57. The Morgan fingerprint density at radius 1 is 1.03 bits per heavy atom. The summed E-state index contributed by atoms with van der Waals surface area (Å²) in [5.41, 5.74) is 4.07. The van der Waals surface area contributed by atoms with Crippen molar-refractivity contribution in [3.05, 3.63) is 101 Å². The molecule has 0 radical (unpaired) electrons. The molecule has 0 spiro atoms. The van der Waals surface area contributed by atoms with Gasteiger partial charge in [0.2, 0.25) is 0 Å². The number of rotatable bonds is 5. The summed E-state index contributed by atoms with van der Waals surface area (Å²) in [4.78, 5) is 5.95. The zero-order valence-corrected chi connectivity index (χ0v) is 20.1. The van der Waals surface area contributed by atoms with Crippen molar-refractivity contribution < 1.29 is 14.2 Å². The number of halogens is 1. The summed E-state index contributed by atoms with van der Waals surface area (Å²) in [7, 11) is 1.68. The number of aliphatic hydroxyl groups is 1. The smallest absolute Gasteiger partial charge is 0.123 e. The van der Waals surface area contributed by atoms with Crippen LogP contribution in [0.15, 0.2) is 72.8 Å². The molecular weight excluding hydrogens is 439 g/mol. The van der Waals surface area contributed by atoms with Gasteiger partial charge in [-0.25, -0.2) is 4.39 Å². The number of nitrogens with zero attached hydrogens (tertiary/aromatic N) is 1.